The summed E-state index contributed by atoms with van der Waals surface area (Å²) in [5, 5.41) is 17.0. The second-order valence-corrected chi connectivity index (χ2v) is 7.08. The first-order chi connectivity index (χ1) is 11.6. The minimum Gasteiger partial charge on any atom is -0.486 e. The van der Waals surface area contributed by atoms with Crippen LogP contribution < -0.4 is 20.1 Å². The smallest absolute Gasteiger partial charge is 0.227 e. The number of rotatable bonds is 3. The molecule has 6 heteroatoms. The van der Waals surface area contributed by atoms with Crippen molar-refractivity contribution in [3.8, 4) is 11.5 Å². The van der Waals surface area contributed by atoms with Gasteiger partial charge in [0.15, 0.2) is 11.5 Å². The Balaban J connectivity index is 1.46. The molecule has 0 saturated carbocycles. The molecule has 0 spiro atoms. The fourth-order valence-electron chi connectivity index (χ4n) is 4.01. The Morgan fingerprint density at radius 1 is 1.17 bits per heavy atom. The molecule has 2 unspecified atom stereocenters. The fourth-order valence-corrected chi connectivity index (χ4v) is 4.01. The van der Waals surface area contributed by atoms with Crippen LogP contribution >= 0.6 is 0 Å². The van der Waals surface area contributed by atoms with E-state index in [1.165, 1.54) is 0 Å². The third kappa shape index (κ3) is 3.08. The lowest BCUT2D eigenvalue weighted by molar-refractivity contribution is -0.120. The van der Waals surface area contributed by atoms with Gasteiger partial charge >= 0.3 is 0 Å². The molecule has 6 nitrogen and oxygen atoms in total. The molecule has 130 valence electrons. The average Bonchev–Trinajstić information content (AvgIpc) is 2.94. The maximum Gasteiger partial charge on any atom is 0.227 e. The van der Waals surface area contributed by atoms with Gasteiger partial charge in [-0.1, -0.05) is 6.07 Å². The molecular formula is C18H24N2O4. The maximum atomic E-state index is 12.4. The molecule has 0 bridgehead atoms. The summed E-state index contributed by atoms with van der Waals surface area (Å²) in [6.45, 7) is 2.77. The number of piperidine rings is 1. The van der Waals surface area contributed by atoms with Gasteiger partial charge in [0.25, 0.3) is 0 Å². The van der Waals surface area contributed by atoms with Gasteiger partial charge in [-0.15, -0.1) is 0 Å². The number of hydrogen-bond donors (Lipinski definition) is 3. The summed E-state index contributed by atoms with van der Waals surface area (Å²) in [6.07, 6.45) is 2.83. The lowest BCUT2D eigenvalue weighted by Crippen LogP contribution is -2.45. The lowest BCUT2D eigenvalue weighted by atomic mass is 9.84. The molecule has 3 N–H and O–H groups in total. The van der Waals surface area contributed by atoms with Crippen molar-refractivity contribution < 1.29 is 19.4 Å². The second kappa shape index (κ2) is 6.26. The van der Waals surface area contributed by atoms with Gasteiger partial charge < -0.3 is 25.2 Å². The van der Waals surface area contributed by atoms with Crippen LogP contribution in [0.5, 0.6) is 11.5 Å². The summed E-state index contributed by atoms with van der Waals surface area (Å²) in [4.78, 5) is 12.4. The van der Waals surface area contributed by atoms with Gasteiger partial charge in [0.1, 0.15) is 13.2 Å². The monoisotopic (exact) mass is 332 g/mol. The van der Waals surface area contributed by atoms with E-state index in [0.717, 1.165) is 37.2 Å². The quantitative estimate of drug-likeness (QED) is 0.767. The number of amides is 1. The van der Waals surface area contributed by atoms with Crippen LogP contribution in [0, 0.1) is 0 Å². The van der Waals surface area contributed by atoms with Crippen LogP contribution in [0.1, 0.15) is 37.2 Å². The maximum absolute atomic E-state index is 12.4. The van der Waals surface area contributed by atoms with Gasteiger partial charge in [0.05, 0.1) is 11.5 Å². The number of hydrogen-bond acceptors (Lipinski definition) is 5. The number of aliphatic hydroxyl groups is 1. The summed E-state index contributed by atoms with van der Waals surface area (Å²) < 4.78 is 11.2. The van der Waals surface area contributed by atoms with E-state index in [-0.39, 0.29) is 17.9 Å². The highest BCUT2D eigenvalue weighted by atomic mass is 16.6. The first kappa shape index (κ1) is 15.7. The van der Waals surface area contributed by atoms with Crippen molar-refractivity contribution >= 4 is 5.91 Å². The number of ether oxygens (including phenoxy) is 2. The predicted octanol–water partition coefficient (Wildman–Crippen LogP) is 0.934. The summed E-state index contributed by atoms with van der Waals surface area (Å²) in [6, 6.07) is 5.77. The standard InChI is InChI=1S/C18H24N2O4/c21-17-14(12-1-2-15-16(9-12)24-8-7-23-15)10-13(20-17)11-18(22)3-5-19-6-4-18/h1-2,9,13-14,19,22H,3-8,10-11H2,(H,20,21). The van der Waals surface area contributed by atoms with Gasteiger partial charge in [-0.3, -0.25) is 4.79 Å². The zero-order valence-electron chi connectivity index (χ0n) is 13.7. The molecule has 2 saturated heterocycles. The van der Waals surface area contributed by atoms with Gasteiger partial charge in [-0.25, -0.2) is 0 Å². The van der Waals surface area contributed by atoms with Crippen molar-refractivity contribution in [1.82, 2.24) is 10.6 Å². The molecule has 2 fully saturated rings. The fraction of sp³-hybridized carbons (Fsp3) is 0.611. The van der Waals surface area contributed by atoms with Crippen molar-refractivity contribution in [2.24, 2.45) is 0 Å². The highest BCUT2D eigenvalue weighted by Crippen LogP contribution is 2.37. The van der Waals surface area contributed by atoms with Crippen LogP contribution in [0.3, 0.4) is 0 Å². The highest BCUT2D eigenvalue weighted by molar-refractivity contribution is 5.86. The molecule has 3 aliphatic rings. The van der Waals surface area contributed by atoms with Gasteiger partial charge in [0, 0.05) is 6.04 Å². The van der Waals surface area contributed by atoms with E-state index < -0.39 is 5.60 Å². The van der Waals surface area contributed by atoms with E-state index in [9.17, 15) is 9.90 Å². The van der Waals surface area contributed by atoms with E-state index in [1.807, 2.05) is 18.2 Å². The van der Waals surface area contributed by atoms with E-state index in [0.29, 0.717) is 31.8 Å². The molecule has 3 aliphatic heterocycles. The van der Waals surface area contributed by atoms with Crippen LogP contribution in [0.2, 0.25) is 0 Å². The summed E-state index contributed by atoms with van der Waals surface area (Å²) in [5.74, 6) is 1.31. The molecular weight excluding hydrogens is 308 g/mol. The van der Waals surface area contributed by atoms with Crippen LogP contribution in [0.15, 0.2) is 18.2 Å². The minimum absolute atomic E-state index is 0.0267. The number of benzene rings is 1. The van der Waals surface area contributed by atoms with Gasteiger partial charge in [-0.05, 0) is 56.5 Å². The van der Waals surface area contributed by atoms with Crippen molar-refractivity contribution in [3.63, 3.8) is 0 Å². The zero-order valence-corrected chi connectivity index (χ0v) is 13.7. The molecule has 4 rings (SSSR count). The van der Waals surface area contributed by atoms with E-state index >= 15 is 0 Å². The normalized spacial score (nSPS) is 28.5. The van der Waals surface area contributed by atoms with Crippen molar-refractivity contribution in [2.45, 2.75) is 43.2 Å². The second-order valence-electron chi connectivity index (χ2n) is 7.08. The number of carbonyl (C=O) groups is 1. The van der Waals surface area contributed by atoms with Crippen molar-refractivity contribution in [3.05, 3.63) is 23.8 Å². The molecule has 1 amide bonds. The Hall–Kier alpha value is -1.79. The molecule has 3 heterocycles. The van der Waals surface area contributed by atoms with E-state index in [2.05, 4.69) is 10.6 Å². The van der Waals surface area contributed by atoms with Crippen LogP contribution in [-0.4, -0.2) is 49.0 Å². The van der Waals surface area contributed by atoms with Crippen LogP contribution in [0.4, 0.5) is 0 Å². The first-order valence-electron chi connectivity index (χ1n) is 8.76. The number of carbonyl (C=O) groups excluding carboxylic acids is 1. The third-order valence-electron chi connectivity index (χ3n) is 5.31. The van der Waals surface area contributed by atoms with Crippen LogP contribution in [0.25, 0.3) is 0 Å². The van der Waals surface area contributed by atoms with E-state index in [1.54, 1.807) is 0 Å². The average molecular weight is 332 g/mol. The topological polar surface area (TPSA) is 79.8 Å². The highest BCUT2D eigenvalue weighted by Gasteiger charge is 2.39. The number of nitrogens with one attached hydrogen (secondary N) is 2. The molecule has 0 radical (unpaired) electrons. The Labute approximate surface area is 141 Å². The largest absolute Gasteiger partial charge is 0.486 e. The first-order valence-corrected chi connectivity index (χ1v) is 8.76. The summed E-state index contributed by atoms with van der Waals surface area (Å²) >= 11 is 0. The Bertz CT molecular complexity index is 627. The lowest BCUT2D eigenvalue weighted by Gasteiger charge is -2.34. The molecule has 1 aromatic rings. The van der Waals surface area contributed by atoms with E-state index in [4.69, 9.17) is 9.47 Å². The zero-order chi connectivity index (χ0) is 16.6. The Morgan fingerprint density at radius 3 is 2.71 bits per heavy atom. The minimum atomic E-state index is -0.662. The van der Waals surface area contributed by atoms with Gasteiger partial charge in [-0.2, -0.15) is 0 Å². The molecule has 0 aliphatic carbocycles. The summed E-state index contributed by atoms with van der Waals surface area (Å²) in [7, 11) is 0. The predicted molar refractivity (Wildman–Crippen MR) is 88.4 cm³/mol. The molecule has 1 aromatic carbocycles. The Morgan fingerprint density at radius 2 is 1.92 bits per heavy atom. The molecule has 2 atom stereocenters. The van der Waals surface area contributed by atoms with Crippen molar-refractivity contribution in [1.29, 1.82) is 0 Å². The Kier molecular flexibility index (Phi) is 4.10. The third-order valence-corrected chi connectivity index (χ3v) is 5.31. The SMILES string of the molecule is O=C1NC(CC2(O)CCNCC2)CC1c1ccc2c(c1)OCCO2. The number of fused-ring (bicyclic) bond motifs is 1. The van der Waals surface area contributed by atoms with Crippen LogP contribution in [-0.2, 0) is 4.79 Å². The van der Waals surface area contributed by atoms with Crippen molar-refractivity contribution in [2.75, 3.05) is 26.3 Å². The molecule has 24 heavy (non-hydrogen) atoms. The molecule has 0 aromatic heterocycles. The summed E-state index contributed by atoms with van der Waals surface area (Å²) in [5.41, 5.74) is 0.293. The van der Waals surface area contributed by atoms with Gasteiger partial charge in [0.2, 0.25) is 5.91 Å².